The largest absolute Gasteiger partial charge is 0.481 e. The number of thiophene rings is 1. The number of methoxy groups -OCH3 is 1. The van der Waals surface area contributed by atoms with Gasteiger partial charge >= 0.3 is 0 Å². The molecule has 3 aromatic rings. The lowest BCUT2D eigenvalue weighted by Crippen LogP contribution is -2.47. The van der Waals surface area contributed by atoms with Gasteiger partial charge in [-0.3, -0.25) is 9.69 Å². The van der Waals surface area contributed by atoms with Crippen molar-refractivity contribution in [3.8, 4) is 11.6 Å². The van der Waals surface area contributed by atoms with E-state index in [0.29, 0.717) is 11.7 Å². The average molecular weight is 398 g/mol. The summed E-state index contributed by atoms with van der Waals surface area (Å²) in [4.78, 5) is 22.4. The van der Waals surface area contributed by atoms with Crippen LogP contribution < -0.4 is 9.64 Å². The van der Waals surface area contributed by atoms with Crippen molar-refractivity contribution in [3.63, 3.8) is 0 Å². The molecule has 0 saturated carbocycles. The number of amides is 1. The highest BCUT2D eigenvalue weighted by Crippen LogP contribution is 2.26. The van der Waals surface area contributed by atoms with E-state index in [2.05, 4.69) is 16.9 Å². The summed E-state index contributed by atoms with van der Waals surface area (Å²) < 4.78 is 6.85. The molecule has 0 radical (unpaired) electrons. The molecule has 0 atom stereocenters. The van der Waals surface area contributed by atoms with Gasteiger partial charge in [0, 0.05) is 24.4 Å². The van der Waals surface area contributed by atoms with Gasteiger partial charge in [0.2, 0.25) is 5.88 Å². The Kier molecular flexibility index (Phi) is 5.40. The third kappa shape index (κ3) is 3.79. The van der Waals surface area contributed by atoms with Crippen LogP contribution in [0, 0.1) is 0 Å². The molecule has 146 valence electrons. The quantitative estimate of drug-likeness (QED) is 0.662. The van der Waals surface area contributed by atoms with Crippen LogP contribution in [-0.4, -0.2) is 58.9 Å². The number of rotatable bonds is 5. The summed E-state index contributed by atoms with van der Waals surface area (Å²) in [5.41, 5.74) is 0.818. The van der Waals surface area contributed by atoms with Gasteiger partial charge in [0.05, 0.1) is 23.9 Å². The van der Waals surface area contributed by atoms with Crippen LogP contribution in [0.4, 0.5) is 5.82 Å². The van der Waals surface area contributed by atoms with Crippen molar-refractivity contribution < 1.29 is 9.53 Å². The first-order chi connectivity index (χ1) is 13.7. The maximum atomic E-state index is 13.3. The molecule has 28 heavy (non-hydrogen) atoms. The Morgan fingerprint density at radius 1 is 1.25 bits per heavy atom. The van der Waals surface area contributed by atoms with Crippen LogP contribution in [0.3, 0.4) is 0 Å². The first-order valence-electron chi connectivity index (χ1n) is 9.27. The molecule has 1 saturated heterocycles. The first-order valence-corrected chi connectivity index (χ1v) is 10.2. The Labute approximate surface area is 168 Å². The molecular formula is C20H23N5O2S. The third-order valence-corrected chi connectivity index (χ3v) is 5.88. The normalized spacial score (nSPS) is 15.5. The molecule has 0 unspecified atom stereocenters. The van der Waals surface area contributed by atoms with Gasteiger partial charge in [0.1, 0.15) is 0 Å². The maximum absolute atomic E-state index is 13.3. The van der Waals surface area contributed by atoms with E-state index in [1.807, 2.05) is 40.7 Å². The van der Waals surface area contributed by atoms with Crippen LogP contribution in [0.15, 0.2) is 48.1 Å². The summed E-state index contributed by atoms with van der Waals surface area (Å²) >= 11 is 1.47. The van der Waals surface area contributed by atoms with E-state index in [1.165, 1.54) is 11.3 Å². The van der Waals surface area contributed by atoms with Gasteiger partial charge in [-0.1, -0.05) is 6.07 Å². The zero-order chi connectivity index (χ0) is 19.5. The zero-order valence-electron chi connectivity index (χ0n) is 16.0. The molecule has 8 heteroatoms. The monoisotopic (exact) mass is 397 g/mol. The molecule has 0 spiro atoms. The molecule has 0 N–H and O–H groups in total. The van der Waals surface area contributed by atoms with E-state index in [0.717, 1.165) is 36.5 Å². The first kappa shape index (κ1) is 18.6. The van der Waals surface area contributed by atoms with E-state index in [4.69, 9.17) is 9.84 Å². The number of hydrogen-bond donors (Lipinski definition) is 0. The van der Waals surface area contributed by atoms with Crippen LogP contribution in [-0.2, 0) is 0 Å². The summed E-state index contributed by atoms with van der Waals surface area (Å²) in [7, 11) is 3.71. The second kappa shape index (κ2) is 8.12. The van der Waals surface area contributed by atoms with Crippen molar-refractivity contribution in [2.45, 2.75) is 18.9 Å². The molecule has 1 amide bonds. The summed E-state index contributed by atoms with van der Waals surface area (Å²) in [6, 6.07) is 9.51. The molecule has 1 aliphatic rings. The van der Waals surface area contributed by atoms with Crippen LogP contribution in [0.25, 0.3) is 5.69 Å². The number of anilines is 1. The number of carbonyl (C=O) groups excluding carboxylic acids is 1. The van der Waals surface area contributed by atoms with Crippen LogP contribution in [0.5, 0.6) is 5.88 Å². The highest BCUT2D eigenvalue weighted by molar-refractivity contribution is 7.12. The topological polar surface area (TPSA) is 63.5 Å². The lowest BCUT2D eigenvalue weighted by molar-refractivity contribution is 0.0966. The number of likely N-dealkylation sites (tertiary alicyclic amines) is 1. The van der Waals surface area contributed by atoms with E-state index in [-0.39, 0.29) is 11.9 Å². The fourth-order valence-electron chi connectivity index (χ4n) is 3.44. The smallest absolute Gasteiger partial charge is 0.269 e. The summed E-state index contributed by atoms with van der Waals surface area (Å²) in [5, 5.41) is 6.63. The van der Waals surface area contributed by atoms with E-state index in [9.17, 15) is 4.79 Å². The van der Waals surface area contributed by atoms with Crippen LogP contribution >= 0.6 is 11.3 Å². The summed E-state index contributed by atoms with van der Waals surface area (Å²) in [5.74, 6) is 1.24. The number of piperidine rings is 1. The molecule has 1 aliphatic heterocycles. The number of aromatic nitrogens is 3. The Balaban J connectivity index is 1.64. The van der Waals surface area contributed by atoms with Gasteiger partial charge in [0.25, 0.3) is 5.91 Å². The maximum Gasteiger partial charge on any atom is 0.269 e. The summed E-state index contributed by atoms with van der Waals surface area (Å²) in [6.45, 7) is 1.95. The average Bonchev–Trinajstić information content (AvgIpc) is 3.42. The SMILES string of the molecule is COc1ccc(-n2ccc(N(C(=O)c3cccs3)C3CCN(C)CC3)n2)cn1. The third-order valence-electron chi connectivity index (χ3n) is 5.02. The minimum atomic E-state index is 0.0164. The molecule has 7 nitrogen and oxygen atoms in total. The van der Waals surface area contributed by atoms with Crippen molar-refractivity contribution in [1.29, 1.82) is 0 Å². The van der Waals surface area contributed by atoms with Crippen molar-refractivity contribution >= 4 is 23.1 Å². The fourth-order valence-corrected chi connectivity index (χ4v) is 4.10. The number of hydrogen-bond acceptors (Lipinski definition) is 6. The fraction of sp³-hybridized carbons (Fsp3) is 0.350. The minimum Gasteiger partial charge on any atom is -0.481 e. The minimum absolute atomic E-state index is 0.0164. The Morgan fingerprint density at radius 2 is 2.07 bits per heavy atom. The number of carbonyl (C=O) groups is 1. The molecular weight excluding hydrogens is 374 g/mol. The van der Waals surface area contributed by atoms with E-state index < -0.39 is 0 Å². The highest BCUT2D eigenvalue weighted by atomic mass is 32.1. The van der Waals surface area contributed by atoms with Gasteiger partial charge in [-0.25, -0.2) is 9.67 Å². The second-order valence-corrected chi connectivity index (χ2v) is 7.81. The lowest BCUT2D eigenvalue weighted by atomic mass is 10.0. The predicted octanol–water partition coefficient (Wildman–Crippen LogP) is 3.08. The van der Waals surface area contributed by atoms with E-state index in [1.54, 1.807) is 24.1 Å². The Morgan fingerprint density at radius 3 is 2.71 bits per heavy atom. The number of pyridine rings is 1. The van der Waals surface area contributed by atoms with Crippen molar-refractivity contribution in [2.24, 2.45) is 0 Å². The van der Waals surface area contributed by atoms with Crippen molar-refractivity contribution in [2.75, 3.05) is 32.1 Å². The standard InChI is InChI=1S/C20H23N5O2S/c1-23-10-7-15(8-11-23)25(20(26)17-4-3-13-28-17)18-9-12-24(22-18)16-5-6-19(27-2)21-14-16/h3-6,9,12-15H,7-8,10-11H2,1-2H3. The molecule has 3 aromatic heterocycles. The van der Waals surface area contributed by atoms with E-state index >= 15 is 0 Å². The van der Waals surface area contributed by atoms with Gasteiger partial charge < -0.3 is 9.64 Å². The number of ether oxygens (including phenoxy) is 1. The second-order valence-electron chi connectivity index (χ2n) is 6.86. The predicted molar refractivity (Wildman–Crippen MR) is 110 cm³/mol. The molecule has 4 rings (SSSR count). The van der Waals surface area contributed by atoms with Crippen LogP contribution in [0.2, 0.25) is 0 Å². The molecule has 0 aromatic carbocycles. The summed E-state index contributed by atoms with van der Waals surface area (Å²) in [6.07, 6.45) is 5.44. The van der Waals surface area contributed by atoms with Crippen molar-refractivity contribution in [1.82, 2.24) is 19.7 Å². The van der Waals surface area contributed by atoms with Gasteiger partial charge in [-0.2, -0.15) is 0 Å². The Bertz CT molecular complexity index is 914. The van der Waals surface area contributed by atoms with Gasteiger partial charge in [-0.15, -0.1) is 16.4 Å². The molecule has 0 aliphatic carbocycles. The lowest BCUT2D eigenvalue weighted by Gasteiger charge is -2.36. The Hall–Kier alpha value is -2.71. The van der Waals surface area contributed by atoms with Crippen molar-refractivity contribution in [3.05, 3.63) is 53.0 Å². The molecule has 0 bridgehead atoms. The molecule has 4 heterocycles. The number of nitrogens with zero attached hydrogens (tertiary/aromatic N) is 5. The highest BCUT2D eigenvalue weighted by Gasteiger charge is 2.31. The molecule has 1 fully saturated rings. The van der Waals surface area contributed by atoms with Gasteiger partial charge in [-0.05, 0) is 50.5 Å². The van der Waals surface area contributed by atoms with Crippen LogP contribution in [0.1, 0.15) is 22.5 Å². The zero-order valence-corrected chi connectivity index (χ0v) is 16.8. The van der Waals surface area contributed by atoms with Gasteiger partial charge in [0.15, 0.2) is 5.82 Å².